The van der Waals surface area contributed by atoms with Crippen LogP contribution in [-0.4, -0.2) is 5.78 Å². The van der Waals surface area contributed by atoms with E-state index in [1.807, 2.05) is 0 Å². The van der Waals surface area contributed by atoms with Crippen LogP contribution in [0.2, 0.25) is 0 Å². The van der Waals surface area contributed by atoms with E-state index >= 15 is 0 Å². The molecule has 1 fully saturated rings. The maximum atomic E-state index is 10.7. The van der Waals surface area contributed by atoms with Crippen LogP contribution in [0.5, 0.6) is 0 Å². The second kappa shape index (κ2) is 3.38. The lowest BCUT2D eigenvalue weighted by molar-refractivity contribution is -0.117. The highest BCUT2D eigenvalue weighted by Gasteiger charge is 2.28. The largest absolute Gasteiger partial charge is 0.300 e. The molecule has 0 saturated heterocycles. The number of rotatable bonds is 3. The minimum Gasteiger partial charge on any atom is -0.300 e. The molecule has 1 aliphatic carbocycles. The van der Waals surface area contributed by atoms with Gasteiger partial charge in [0, 0.05) is 6.42 Å². The van der Waals surface area contributed by atoms with Crippen LogP contribution in [-0.2, 0) is 4.79 Å². The van der Waals surface area contributed by atoms with Crippen molar-refractivity contribution in [1.82, 2.24) is 0 Å². The molecule has 1 rings (SSSR count). The molecule has 11 heavy (non-hydrogen) atoms. The van der Waals surface area contributed by atoms with E-state index < -0.39 is 0 Å². The summed E-state index contributed by atoms with van der Waals surface area (Å²) in [7, 11) is 0. The monoisotopic (exact) mass is 154 g/mol. The first-order valence-electron chi connectivity index (χ1n) is 4.62. The summed E-state index contributed by atoms with van der Waals surface area (Å²) in [6.45, 7) is 4.02. The molecule has 0 bridgehead atoms. The first-order chi connectivity index (χ1) is 5.12. The van der Waals surface area contributed by atoms with Crippen molar-refractivity contribution in [3.05, 3.63) is 0 Å². The highest BCUT2D eigenvalue weighted by molar-refractivity contribution is 5.75. The van der Waals surface area contributed by atoms with Crippen LogP contribution in [0.4, 0.5) is 0 Å². The van der Waals surface area contributed by atoms with Gasteiger partial charge < -0.3 is 4.79 Å². The van der Waals surface area contributed by atoms with Crippen molar-refractivity contribution in [2.75, 3.05) is 0 Å². The molecule has 0 amide bonds. The van der Waals surface area contributed by atoms with E-state index in [-0.39, 0.29) is 0 Å². The molecule has 1 heteroatoms. The third-order valence-electron chi connectivity index (χ3n) is 2.89. The van der Waals surface area contributed by atoms with Gasteiger partial charge >= 0.3 is 0 Å². The standard InChI is InChI=1S/C10H18O/c1-9(11)5-8-10(2)6-3-4-7-10/h3-8H2,1-2H3. The summed E-state index contributed by atoms with van der Waals surface area (Å²) in [6.07, 6.45) is 7.31. The Morgan fingerprint density at radius 1 is 1.36 bits per heavy atom. The van der Waals surface area contributed by atoms with Crippen molar-refractivity contribution in [1.29, 1.82) is 0 Å². The summed E-state index contributed by atoms with van der Waals surface area (Å²) in [4.78, 5) is 10.7. The van der Waals surface area contributed by atoms with Gasteiger partial charge in [0.15, 0.2) is 0 Å². The van der Waals surface area contributed by atoms with Crippen LogP contribution in [0.25, 0.3) is 0 Å². The number of Topliss-reactive ketones (excluding diaryl/α,β-unsaturated/α-hetero) is 1. The number of ketones is 1. The number of hydrogen-bond acceptors (Lipinski definition) is 1. The molecule has 0 spiro atoms. The molecule has 0 heterocycles. The van der Waals surface area contributed by atoms with Crippen LogP contribution >= 0.6 is 0 Å². The Labute approximate surface area is 69.2 Å². The fourth-order valence-electron chi connectivity index (χ4n) is 1.96. The second-order valence-electron chi connectivity index (χ2n) is 4.22. The fraction of sp³-hybridized carbons (Fsp3) is 0.900. The maximum Gasteiger partial charge on any atom is 0.129 e. The van der Waals surface area contributed by atoms with E-state index in [9.17, 15) is 4.79 Å². The number of hydrogen-bond donors (Lipinski definition) is 0. The quantitative estimate of drug-likeness (QED) is 0.611. The van der Waals surface area contributed by atoms with Crippen molar-refractivity contribution in [3.63, 3.8) is 0 Å². The summed E-state index contributed by atoms with van der Waals surface area (Å²) in [5, 5.41) is 0. The van der Waals surface area contributed by atoms with Gasteiger partial charge in [-0.3, -0.25) is 0 Å². The van der Waals surface area contributed by atoms with Gasteiger partial charge in [-0.1, -0.05) is 19.8 Å². The second-order valence-corrected chi connectivity index (χ2v) is 4.22. The third-order valence-corrected chi connectivity index (χ3v) is 2.89. The van der Waals surface area contributed by atoms with E-state index in [1.165, 1.54) is 25.7 Å². The third kappa shape index (κ3) is 2.64. The van der Waals surface area contributed by atoms with E-state index in [4.69, 9.17) is 0 Å². The SMILES string of the molecule is CC(=O)CCC1(C)CCCC1. The summed E-state index contributed by atoms with van der Waals surface area (Å²) < 4.78 is 0. The molecule has 0 radical (unpaired) electrons. The lowest BCUT2D eigenvalue weighted by Gasteiger charge is -2.22. The molecule has 1 saturated carbocycles. The van der Waals surface area contributed by atoms with E-state index in [2.05, 4.69) is 6.92 Å². The Morgan fingerprint density at radius 3 is 2.36 bits per heavy atom. The normalized spacial score (nSPS) is 22.0. The minimum absolute atomic E-state index is 0.345. The van der Waals surface area contributed by atoms with Gasteiger partial charge in [-0.2, -0.15) is 0 Å². The Kier molecular flexibility index (Phi) is 2.69. The summed E-state index contributed by atoms with van der Waals surface area (Å²) >= 11 is 0. The van der Waals surface area contributed by atoms with Crippen LogP contribution < -0.4 is 0 Å². The summed E-state index contributed by atoms with van der Waals surface area (Å²) in [5.41, 5.74) is 0.506. The van der Waals surface area contributed by atoms with E-state index in [1.54, 1.807) is 6.92 Å². The van der Waals surface area contributed by atoms with Crippen LogP contribution in [0.1, 0.15) is 52.4 Å². The number of carbonyl (C=O) groups is 1. The average molecular weight is 154 g/mol. The highest BCUT2D eigenvalue weighted by Crippen LogP contribution is 2.41. The topological polar surface area (TPSA) is 17.1 Å². The average Bonchev–Trinajstić information content (AvgIpc) is 2.33. The maximum absolute atomic E-state index is 10.7. The molecule has 0 aromatic heterocycles. The van der Waals surface area contributed by atoms with Crippen molar-refractivity contribution >= 4 is 5.78 Å². The first kappa shape index (κ1) is 8.76. The Bertz CT molecular complexity index is 143. The molecule has 0 unspecified atom stereocenters. The molecule has 64 valence electrons. The smallest absolute Gasteiger partial charge is 0.129 e. The first-order valence-corrected chi connectivity index (χ1v) is 4.62. The minimum atomic E-state index is 0.345. The molecular weight excluding hydrogens is 136 g/mol. The molecule has 0 aromatic carbocycles. The number of carbonyl (C=O) groups excluding carboxylic acids is 1. The Hall–Kier alpha value is -0.330. The summed E-state index contributed by atoms with van der Waals surface area (Å²) in [5.74, 6) is 0.345. The molecule has 1 aliphatic rings. The van der Waals surface area contributed by atoms with Gasteiger partial charge in [-0.15, -0.1) is 0 Å². The molecule has 0 N–H and O–H groups in total. The summed E-state index contributed by atoms with van der Waals surface area (Å²) in [6, 6.07) is 0. The van der Waals surface area contributed by atoms with Gasteiger partial charge in [0.05, 0.1) is 0 Å². The highest BCUT2D eigenvalue weighted by atomic mass is 16.1. The lowest BCUT2D eigenvalue weighted by atomic mass is 9.83. The Balaban J connectivity index is 2.28. The predicted molar refractivity (Wildman–Crippen MR) is 46.5 cm³/mol. The molecule has 0 aromatic rings. The zero-order chi connectivity index (χ0) is 8.32. The molecular formula is C10H18O. The predicted octanol–water partition coefficient (Wildman–Crippen LogP) is 2.94. The zero-order valence-electron chi connectivity index (χ0n) is 7.65. The van der Waals surface area contributed by atoms with Gasteiger partial charge in [0.2, 0.25) is 0 Å². The van der Waals surface area contributed by atoms with Gasteiger partial charge in [0.25, 0.3) is 0 Å². The van der Waals surface area contributed by atoms with Crippen molar-refractivity contribution in [3.8, 4) is 0 Å². The van der Waals surface area contributed by atoms with E-state index in [0.29, 0.717) is 11.2 Å². The van der Waals surface area contributed by atoms with Crippen molar-refractivity contribution in [2.24, 2.45) is 5.41 Å². The fourth-order valence-corrected chi connectivity index (χ4v) is 1.96. The van der Waals surface area contributed by atoms with Gasteiger partial charge in [0.1, 0.15) is 5.78 Å². The molecule has 0 aliphatic heterocycles. The van der Waals surface area contributed by atoms with Crippen molar-refractivity contribution in [2.45, 2.75) is 52.4 Å². The molecule has 1 nitrogen and oxygen atoms in total. The van der Waals surface area contributed by atoms with Gasteiger partial charge in [-0.25, -0.2) is 0 Å². The van der Waals surface area contributed by atoms with Crippen LogP contribution in [0.3, 0.4) is 0 Å². The van der Waals surface area contributed by atoms with Crippen LogP contribution in [0, 0.1) is 5.41 Å². The van der Waals surface area contributed by atoms with Crippen LogP contribution in [0.15, 0.2) is 0 Å². The van der Waals surface area contributed by atoms with Crippen molar-refractivity contribution < 1.29 is 4.79 Å². The zero-order valence-corrected chi connectivity index (χ0v) is 7.65. The Morgan fingerprint density at radius 2 is 1.91 bits per heavy atom. The molecule has 0 atom stereocenters. The lowest BCUT2D eigenvalue weighted by Crippen LogP contribution is -2.12. The van der Waals surface area contributed by atoms with Gasteiger partial charge in [-0.05, 0) is 31.6 Å². The van der Waals surface area contributed by atoms with E-state index in [0.717, 1.165) is 12.8 Å².